The zero-order valence-corrected chi connectivity index (χ0v) is 10.9. The molecule has 3 N–H and O–H groups in total. The highest BCUT2D eigenvalue weighted by Gasteiger charge is 2.24. The Kier molecular flexibility index (Phi) is 4.85. The molecule has 2 rings (SSSR count). The lowest BCUT2D eigenvalue weighted by Crippen LogP contribution is -2.46. The highest BCUT2D eigenvalue weighted by Crippen LogP contribution is 2.26. The average molecular weight is 265 g/mol. The first-order chi connectivity index (χ1) is 9.20. The maximum Gasteiger partial charge on any atom is 0.270 e. The van der Waals surface area contributed by atoms with E-state index in [4.69, 9.17) is 5.73 Å². The monoisotopic (exact) mass is 265 g/mol. The van der Waals surface area contributed by atoms with E-state index in [0.29, 0.717) is 12.5 Å². The van der Waals surface area contributed by atoms with Gasteiger partial charge >= 0.3 is 0 Å². The van der Waals surface area contributed by atoms with Crippen LogP contribution in [0.3, 0.4) is 0 Å². The van der Waals surface area contributed by atoms with Gasteiger partial charge < -0.3 is 11.1 Å². The van der Waals surface area contributed by atoms with Gasteiger partial charge in [-0.2, -0.15) is 0 Å². The summed E-state index contributed by atoms with van der Waals surface area (Å²) in [5.74, 6) is -0.275. The Labute approximate surface area is 112 Å². The Morgan fingerprint density at radius 1 is 1.42 bits per heavy atom. The van der Waals surface area contributed by atoms with E-state index in [1.165, 1.54) is 31.4 Å². The number of carbonyl (C=O) groups excluding carboxylic acids is 1. The molecular formula is C14H20FN3O. The number of aromatic nitrogens is 1. The molecule has 1 heterocycles. The van der Waals surface area contributed by atoms with Crippen LogP contribution in [0.5, 0.6) is 0 Å². The number of hydrogen-bond acceptors (Lipinski definition) is 3. The van der Waals surface area contributed by atoms with Crippen molar-refractivity contribution in [3.8, 4) is 0 Å². The molecule has 1 unspecified atom stereocenters. The third-order valence-electron chi connectivity index (χ3n) is 3.75. The van der Waals surface area contributed by atoms with Gasteiger partial charge in [0, 0.05) is 12.6 Å². The van der Waals surface area contributed by atoms with Crippen molar-refractivity contribution in [1.82, 2.24) is 10.3 Å². The molecule has 0 radical (unpaired) electrons. The van der Waals surface area contributed by atoms with Crippen molar-refractivity contribution in [1.29, 1.82) is 0 Å². The first-order valence-electron chi connectivity index (χ1n) is 6.83. The summed E-state index contributed by atoms with van der Waals surface area (Å²) in [6, 6.07) is 2.61. The summed E-state index contributed by atoms with van der Waals surface area (Å²) >= 11 is 0. The Hall–Kier alpha value is -1.49. The number of rotatable bonds is 4. The maximum absolute atomic E-state index is 12.8. The van der Waals surface area contributed by atoms with E-state index in [1.54, 1.807) is 0 Å². The molecular weight excluding hydrogens is 245 g/mol. The molecule has 5 heteroatoms. The van der Waals surface area contributed by atoms with Crippen LogP contribution in [0.2, 0.25) is 0 Å². The van der Waals surface area contributed by atoms with Crippen LogP contribution >= 0.6 is 0 Å². The Morgan fingerprint density at radius 3 is 2.74 bits per heavy atom. The second-order valence-electron chi connectivity index (χ2n) is 5.08. The summed E-state index contributed by atoms with van der Waals surface area (Å²) < 4.78 is 12.8. The topological polar surface area (TPSA) is 68.0 Å². The molecule has 0 aromatic carbocycles. The van der Waals surface area contributed by atoms with Gasteiger partial charge in [0.1, 0.15) is 11.5 Å². The van der Waals surface area contributed by atoms with Crippen molar-refractivity contribution in [2.24, 2.45) is 11.7 Å². The highest BCUT2D eigenvalue weighted by atomic mass is 19.1. The van der Waals surface area contributed by atoms with Crippen LogP contribution < -0.4 is 11.1 Å². The number of pyridine rings is 1. The van der Waals surface area contributed by atoms with E-state index in [9.17, 15) is 9.18 Å². The SMILES string of the molecule is NCC(NC(=O)c1ccc(F)cn1)C1CCCCC1. The minimum absolute atomic E-state index is 0.0142. The van der Waals surface area contributed by atoms with Crippen LogP contribution in [-0.2, 0) is 0 Å². The van der Waals surface area contributed by atoms with Crippen LogP contribution in [0.25, 0.3) is 0 Å². The molecule has 4 nitrogen and oxygen atoms in total. The van der Waals surface area contributed by atoms with E-state index >= 15 is 0 Å². The van der Waals surface area contributed by atoms with Gasteiger partial charge in [-0.05, 0) is 30.9 Å². The van der Waals surface area contributed by atoms with Crippen LogP contribution in [0.15, 0.2) is 18.3 Å². The fourth-order valence-corrected chi connectivity index (χ4v) is 2.66. The minimum atomic E-state index is -0.445. The summed E-state index contributed by atoms with van der Waals surface area (Å²) in [5, 5.41) is 2.92. The predicted molar refractivity (Wildman–Crippen MR) is 71.1 cm³/mol. The molecule has 0 aliphatic heterocycles. The lowest BCUT2D eigenvalue weighted by Gasteiger charge is -2.29. The van der Waals surface area contributed by atoms with Gasteiger partial charge in [-0.3, -0.25) is 4.79 Å². The first kappa shape index (κ1) is 13.9. The average Bonchev–Trinajstić information content (AvgIpc) is 2.46. The number of nitrogens with zero attached hydrogens (tertiary/aromatic N) is 1. The van der Waals surface area contributed by atoms with E-state index in [-0.39, 0.29) is 17.6 Å². The second kappa shape index (κ2) is 6.61. The van der Waals surface area contributed by atoms with Crippen LogP contribution in [0.4, 0.5) is 4.39 Å². The van der Waals surface area contributed by atoms with Gasteiger partial charge in [0.15, 0.2) is 0 Å². The zero-order chi connectivity index (χ0) is 13.7. The Bertz CT molecular complexity index is 415. The maximum atomic E-state index is 12.8. The summed E-state index contributed by atoms with van der Waals surface area (Å²) in [6.45, 7) is 0.428. The van der Waals surface area contributed by atoms with Crippen molar-refractivity contribution in [3.05, 3.63) is 29.8 Å². The molecule has 1 aliphatic rings. The van der Waals surface area contributed by atoms with Crippen molar-refractivity contribution in [2.45, 2.75) is 38.1 Å². The Morgan fingerprint density at radius 2 is 2.16 bits per heavy atom. The standard InChI is InChI=1S/C14H20FN3O/c15-11-6-7-12(17-9-11)14(19)18-13(8-16)10-4-2-1-3-5-10/h6-7,9-10,13H,1-5,8,16H2,(H,18,19). The number of nitrogens with two attached hydrogens (primary N) is 1. The molecule has 1 atom stereocenters. The summed E-state index contributed by atoms with van der Waals surface area (Å²) in [7, 11) is 0. The van der Waals surface area contributed by atoms with E-state index in [0.717, 1.165) is 19.0 Å². The molecule has 104 valence electrons. The van der Waals surface area contributed by atoms with Crippen molar-refractivity contribution in [3.63, 3.8) is 0 Å². The fourth-order valence-electron chi connectivity index (χ4n) is 2.66. The van der Waals surface area contributed by atoms with Crippen LogP contribution in [0.1, 0.15) is 42.6 Å². The lowest BCUT2D eigenvalue weighted by atomic mass is 9.84. The molecule has 1 fully saturated rings. The van der Waals surface area contributed by atoms with Crippen molar-refractivity contribution >= 4 is 5.91 Å². The number of carbonyl (C=O) groups is 1. The molecule has 19 heavy (non-hydrogen) atoms. The van der Waals surface area contributed by atoms with E-state index in [1.807, 2.05) is 0 Å². The molecule has 1 aromatic rings. The van der Waals surface area contributed by atoms with E-state index < -0.39 is 5.82 Å². The van der Waals surface area contributed by atoms with Crippen molar-refractivity contribution in [2.75, 3.05) is 6.54 Å². The number of halogens is 1. The number of nitrogens with one attached hydrogen (secondary N) is 1. The molecule has 0 bridgehead atoms. The first-order valence-corrected chi connectivity index (χ1v) is 6.83. The number of amides is 1. The summed E-state index contributed by atoms with van der Waals surface area (Å²) in [6.07, 6.45) is 6.93. The largest absolute Gasteiger partial charge is 0.346 e. The Balaban J connectivity index is 1.97. The van der Waals surface area contributed by atoms with Gasteiger partial charge in [-0.1, -0.05) is 19.3 Å². The van der Waals surface area contributed by atoms with E-state index in [2.05, 4.69) is 10.3 Å². The smallest absolute Gasteiger partial charge is 0.270 e. The highest BCUT2D eigenvalue weighted by molar-refractivity contribution is 5.92. The minimum Gasteiger partial charge on any atom is -0.346 e. The third kappa shape index (κ3) is 3.73. The molecule has 1 aliphatic carbocycles. The quantitative estimate of drug-likeness (QED) is 0.873. The predicted octanol–water partition coefficient (Wildman–Crippen LogP) is 1.86. The van der Waals surface area contributed by atoms with Crippen LogP contribution in [0, 0.1) is 11.7 Å². The van der Waals surface area contributed by atoms with Gasteiger partial charge in [0.2, 0.25) is 0 Å². The zero-order valence-electron chi connectivity index (χ0n) is 10.9. The molecule has 0 saturated heterocycles. The fraction of sp³-hybridized carbons (Fsp3) is 0.571. The molecule has 1 aromatic heterocycles. The lowest BCUT2D eigenvalue weighted by molar-refractivity contribution is 0.0910. The van der Waals surface area contributed by atoms with Gasteiger partial charge in [0.25, 0.3) is 5.91 Å². The van der Waals surface area contributed by atoms with Crippen LogP contribution in [-0.4, -0.2) is 23.5 Å². The molecule has 1 amide bonds. The van der Waals surface area contributed by atoms with Gasteiger partial charge in [-0.15, -0.1) is 0 Å². The second-order valence-corrected chi connectivity index (χ2v) is 5.08. The molecule has 0 spiro atoms. The van der Waals surface area contributed by atoms with Gasteiger partial charge in [0.05, 0.1) is 6.20 Å². The third-order valence-corrected chi connectivity index (χ3v) is 3.75. The number of hydrogen-bond donors (Lipinski definition) is 2. The van der Waals surface area contributed by atoms with Gasteiger partial charge in [-0.25, -0.2) is 9.37 Å². The summed E-state index contributed by atoms with van der Waals surface area (Å²) in [4.78, 5) is 15.8. The van der Waals surface area contributed by atoms with Crippen molar-refractivity contribution < 1.29 is 9.18 Å². The normalized spacial score (nSPS) is 18.0. The molecule has 1 saturated carbocycles. The summed E-state index contributed by atoms with van der Waals surface area (Å²) in [5.41, 5.74) is 5.99.